The maximum absolute atomic E-state index is 13.0. The van der Waals surface area contributed by atoms with E-state index >= 15 is 0 Å². The van der Waals surface area contributed by atoms with Gasteiger partial charge in [-0.2, -0.15) is 0 Å². The van der Waals surface area contributed by atoms with E-state index in [9.17, 15) is 19.5 Å². The van der Waals surface area contributed by atoms with Gasteiger partial charge >= 0.3 is 11.9 Å². The Balaban J connectivity index is 4.02. The summed E-state index contributed by atoms with van der Waals surface area (Å²) < 4.78 is 22.8. The second-order valence-electron chi connectivity index (χ2n) is 26.2. The highest BCUT2D eigenvalue weighted by Gasteiger charge is 2.22. The predicted octanol–water partition coefficient (Wildman–Crippen LogP) is 22.3. The summed E-state index contributed by atoms with van der Waals surface area (Å²) in [7, 11) is 5.94. The third kappa shape index (κ3) is 71.5. The summed E-state index contributed by atoms with van der Waals surface area (Å²) in [6.07, 6.45) is 93.7. The van der Waals surface area contributed by atoms with Crippen molar-refractivity contribution in [1.29, 1.82) is 0 Å². The number of likely N-dealkylation sites (N-methyl/N-ethyl adjacent to an activating group) is 1. The van der Waals surface area contributed by atoms with Crippen molar-refractivity contribution in [1.82, 2.24) is 0 Å². The zero-order valence-corrected chi connectivity index (χ0v) is 58.8. The number of hydrogen-bond donors (Lipinski definition) is 0. The molecule has 0 heterocycles. The third-order valence-corrected chi connectivity index (χ3v) is 16.3. The Morgan fingerprint density at radius 1 is 0.337 bits per heavy atom. The van der Waals surface area contributed by atoms with E-state index in [1.54, 1.807) is 0 Å². The fraction of sp³-hybridized carbons (Fsp3) is 0.762. The molecule has 0 aliphatic rings. The van der Waals surface area contributed by atoms with Crippen molar-refractivity contribution in [2.75, 3.05) is 47.5 Å². The molecule has 0 rings (SSSR count). The minimum Gasteiger partial charge on any atom is -0.545 e. The molecule has 2 atom stereocenters. The van der Waals surface area contributed by atoms with Crippen molar-refractivity contribution >= 4 is 17.9 Å². The maximum Gasteiger partial charge on any atom is 0.306 e. The fourth-order valence-electron chi connectivity index (χ4n) is 10.7. The lowest BCUT2D eigenvalue weighted by Gasteiger charge is -2.26. The van der Waals surface area contributed by atoms with Crippen LogP contribution in [0, 0.1) is 0 Å². The monoisotopic (exact) mass is 1240 g/mol. The van der Waals surface area contributed by atoms with Crippen molar-refractivity contribution in [2.45, 2.75) is 347 Å². The second-order valence-corrected chi connectivity index (χ2v) is 26.2. The number of carbonyl (C=O) groups is 3. The second kappa shape index (κ2) is 70.1. The zero-order chi connectivity index (χ0) is 64.7. The van der Waals surface area contributed by atoms with Gasteiger partial charge in [-0.05, 0) is 89.9 Å². The highest BCUT2D eigenvalue weighted by Crippen LogP contribution is 2.19. The molecular weight excluding hydrogens is 1100 g/mol. The van der Waals surface area contributed by atoms with Crippen molar-refractivity contribution < 1.29 is 42.9 Å². The molecule has 2 unspecified atom stereocenters. The summed E-state index contributed by atoms with van der Waals surface area (Å²) in [6, 6.07) is 0. The summed E-state index contributed by atoms with van der Waals surface area (Å²) in [5.74, 6) is -2.27. The van der Waals surface area contributed by atoms with Crippen molar-refractivity contribution in [3.05, 3.63) is 97.2 Å². The van der Waals surface area contributed by atoms with Crippen LogP contribution in [0.3, 0.4) is 0 Å². The average molecular weight is 1250 g/mol. The topological polar surface area (TPSA) is 111 Å². The van der Waals surface area contributed by atoms with E-state index in [-0.39, 0.29) is 32.2 Å². The Hall–Kier alpha value is -3.79. The molecule has 0 amide bonds. The van der Waals surface area contributed by atoms with Crippen molar-refractivity contribution in [2.24, 2.45) is 0 Å². The van der Waals surface area contributed by atoms with Gasteiger partial charge in [0.25, 0.3) is 0 Å². The van der Waals surface area contributed by atoms with E-state index in [4.69, 9.17) is 18.9 Å². The highest BCUT2D eigenvalue weighted by molar-refractivity contribution is 5.70. The van der Waals surface area contributed by atoms with Gasteiger partial charge < -0.3 is 33.3 Å². The minimum absolute atomic E-state index is 0.147. The van der Waals surface area contributed by atoms with Crippen LogP contribution in [0.2, 0.25) is 0 Å². The molecule has 0 saturated carbocycles. The van der Waals surface area contributed by atoms with E-state index in [1.165, 1.54) is 218 Å². The first-order valence-electron chi connectivity index (χ1n) is 37.4. The molecule has 9 nitrogen and oxygen atoms in total. The van der Waals surface area contributed by atoms with Crippen molar-refractivity contribution in [3.63, 3.8) is 0 Å². The zero-order valence-electron chi connectivity index (χ0n) is 58.8. The van der Waals surface area contributed by atoms with Crippen LogP contribution in [0.5, 0.6) is 0 Å². The Morgan fingerprint density at radius 2 is 0.607 bits per heavy atom. The van der Waals surface area contributed by atoms with Gasteiger partial charge in [0.1, 0.15) is 13.2 Å². The van der Waals surface area contributed by atoms with Crippen LogP contribution in [-0.4, -0.2) is 82.3 Å². The summed E-state index contributed by atoms with van der Waals surface area (Å²) >= 11 is 0. The number of unbranched alkanes of at least 4 members (excludes halogenated alkanes) is 38. The molecule has 514 valence electrons. The normalized spacial score (nSPS) is 13.2. The number of aliphatic carboxylic acids is 1. The van der Waals surface area contributed by atoms with Gasteiger partial charge in [-0.1, -0.05) is 329 Å². The first kappa shape index (κ1) is 85.2. The Kier molecular flexibility index (Phi) is 67.1. The molecule has 0 radical (unpaired) electrons. The van der Waals surface area contributed by atoms with E-state index in [2.05, 4.69) is 111 Å². The molecule has 0 aromatic rings. The van der Waals surface area contributed by atoms with Gasteiger partial charge in [-0.25, -0.2) is 0 Å². The highest BCUT2D eigenvalue weighted by atomic mass is 16.7. The molecule has 0 aliphatic carbocycles. The number of carboxylic acids is 1. The lowest BCUT2D eigenvalue weighted by atomic mass is 10.0. The van der Waals surface area contributed by atoms with Crippen LogP contribution in [0.1, 0.15) is 335 Å². The van der Waals surface area contributed by atoms with Crippen LogP contribution >= 0.6 is 0 Å². The average Bonchev–Trinajstić information content (AvgIpc) is 3.70. The van der Waals surface area contributed by atoms with Gasteiger partial charge in [0.05, 0.1) is 40.3 Å². The molecule has 0 spiro atoms. The summed E-state index contributed by atoms with van der Waals surface area (Å²) in [4.78, 5) is 37.5. The molecule has 0 bridgehead atoms. The molecule has 0 fully saturated rings. The first-order valence-corrected chi connectivity index (χ1v) is 37.4. The standard InChI is InChI=1S/C80H141NO8/c1-6-8-10-12-14-16-18-20-22-24-26-28-30-32-34-35-36-37-38-39-40-41-42-43-45-47-49-51-53-55-57-59-61-63-65-67-69-71-78(83)89-76(75-88-80(79(84)85)86-73-72-81(3,4)5)74-87-77(82)70-68-66-64-62-60-58-56-54-52-50-48-46-44-33-31-29-27-25-23-21-19-17-15-13-11-9-7-2/h8-11,14-17,20-23,26-29,76,80H,6-7,12-13,18-19,24-25,30-75H2,1-5H3/b10-8-,11-9-,16-14-,17-15-,22-20-,23-21-,28-26-,29-27-. The summed E-state index contributed by atoms with van der Waals surface area (Å²) in [6.45, 7) is 4.57. The quantitative estimate of drug-likeness (QED) is 0.0195. The molecule has 0 aromatic carbocycles. The van der Waals surface area contributed by atoms with Gasteiger partial charge in [0.2, 0.25) is 0 Å². The number of carboxylic acid groups (broad SMARTS) is 1. The number of esters is 2. The number of ether oxygens (including phenoxy) is 4. The Morgan fingerprint density at radius 3 is 0.899 bits per heavy atom. The van der Waals surface area contributed by atoms with Gasteiger partial charge in [-0.3, -0.25) is 9.59 Å². The minimum atomic E-state index is -1.62. The lowest BCUT2D eigenvalue weighted by molar-refractivity contribution is -0.870. The Labute approximate surface area is 550 Å². The molecule has 0 aliphatic heterocycles. The smallest absolute Gasteiger partial charge is 0.306 e. The molecule has 0 N–H and O–H groups in total. The van der Waals surface area contributed by atoms with Gasteiger partial charge in [-0.15, -0.1) is 0 Å². The number of carbonyl (C=O) groups excluding carboxylic acids is 3. The summed E-state index contributed by atoms with van der Waals surface area (Å²) in [5, 5.41) is 11.8. The molecule has 89 heavy (non-hydrogen) atoms. The molecule has 9 heteroatoms. The predicted molar refractivity (Wildman–Crippen MR) is 380 cm³/mol. The number of allylic oxidation sites excluding steroid dienone is 16. The van der Waals surface area contributed by atoms with Crippen LogP contribution < -0.4 is 5.11 Å². The number of rotatable bonds is 69. The molecule has 0 aromatic heterocycles. The maximum atomic E-state index is 13.0. The SMILES string of the molecule is CC/C=C\C/C=C\C/C=C\C/C=C\CCCCCCCCCCCCCCCCCCCCCCCCCCC(=O)OC(COC(=O)CCCCCCCCCCCCCCCC/C=C\C/C=C\C/C=C\C/C=C\CC)COC(OCC[N+](C)(C)C)C(=O)[O-]. The van der Waals surface area contributed by atoms with Gasteiger partial charge in [0.15, 0.2) is 12.4 Å². The fourth-order valence-corrected chi connectivity index (χ4v) is 10.7. The Bertz CT molecular complexity index is 1790. The van der Waals surface area contributed by atoms with E-state index in [0.717, 1.165) is 83.5 Å². The number of hydrogen-bond acceptors (Lipinski definition) is 8. The summed E-state index contributed by atoms with van der Waals surface area (Å²) in [5.41, 5.74) is 0. The third-order valence-electron chi connectivity index (χ3n) is 16.3. The lowest BCUT2D eigenvalue weighted by Crippen LogP contribution is -2.44. The number of nitrogens with zero attached hydrogens (tertiary/aromatic N) is 1. The van der Waals surface area contributed by atoms with Crippen LogP contribution in [0.15, 0.2) is 97.2 Å². The van der Waals surface area contributed by atoms with E-state index in [1.807, 2.05) is 21.1 Å². The van der Waals surface area contributed by atoms with Crippen LogP contribution in [0.4, 0.5) is 0 Å². The molecule has 0 saturated heterocycles. The van der Waals surface area contributed by atoms with E-state index < -0.39 is 24.3 Å². The van der Waals surface area contributed by atoms with Crippen LogP contribution in [-0.2, 0) is 33.3 Å². The van der Waals surface area contributed by atoms with Crippen LogP contribution in [0.25, 0.3) is 0 Å². The molecular formula is C80H141NO8. The first-order chi connectivity index (χ1) is 43.6. The van der Waals surface area contributed by atoms with E-state index in [0.29, 0.717) is 23.9 Å². The number of quaternary nitrogens is 1. The largest absolute Gasteiger partial charge is 0.545 e. The van der Waals surface area contributed by atoms with Crippen molar-refractivity contribution in [3.8, 4) is 0 Å². The van der Waals surface area contributed by atoms with Gasteiger partial charge in [0, 0.05) is 12.8 Å².